The lowest BCUT2D eigenvalue weighted by Crippen LogP contribution is -2.54. The van der Waals surface area contributed by atoms with E-state index in [0.717, 1.165) is 24.9 Å². The second-order valence-electron chi connectivity index (χ2n) is 6.20. The van der Waals surface area contributed by atoms with Crippen LogP contribution in [0.25, 0.3) is 0 Å². The number of hydrogen-bond donors (Lipinski definition) is 0. The summed E-state index contributed by atoms with van der Waals surface area (Å²) in [5, 5.41) is 0. The van der Waals surface area contributed by atoms with Crippen molar-refractivity contribution in [2.45, 2.75) is 19.9 Å². The molecule has 2 rings (SSSR count). The highest BCUT2D eigenvalue weighted by Crippen LogP contribution is 2.23. The van der Waals surface area contributed by atoms with E-state index in [2.05, 4.69) is 4.90 Å². The number of benzene rings is 1. The van der Waals surface area contributed by atoms with E-state index in [4.69, 9.17) is 0 Å². The Bertz CT molecular complexity index is 667. The summed E-state index contributed by atoms with van der Waals surface area (Å²) in [6.07, 6.45) is 1.14. The maximum atomic E-state index is 12.8. The Hall–Kier alpha value is -1.60. The Kier molecular flexibility index (Phi) is 5.31. The first-order valence-electron chi connectivity index (χ1n) is 7.73. The third kappa shape index (κ3) is 4.23. The SMILES string of the molecule is Cc1cccc(N([C@H](C)C(=O)N2CCN(C)CC2)S(C)(=O)=O)c1. The number of piperazine rings is 1. The van der Waals surface area contributed by atoms with Gasteiger partial charge in [-0.2, -0.15) is 0 Å². The van der Waals surface area contributed by atoms with Crippen molar-refractivity contribution in [1.82, 2.24) is 9.80 Å². The lowest BCUT2D eigenvalue weighted by Gasteiger charge is -2.37. The molecular weight excluding hydrogens is 314 g/mol. The predicted octanol–water partition coefficient (Wildman–Crippen LogP) is 0.924. The number of carbonyl (C=O) groups is 1. The zero-order chi connectivity index (χ0) is 17.2. The molecule has 1 heterocycles. The zero-order valence-corrected chi connectivity index (χ0v) is 15.0. The molecule has 0 aromatic heterocycles. The van der Waals surface area contributed by atoms with Crippen LogP contribution in [0, 0.1) is 6.92 Å². The van der Waals surface area contributed by atoms with Crippen molar-refractivity contribution in [2.24, 2.45) is 0 Å². The van der Waals surface area contributed by atoms with Gasteiger partial charge in [-0.05, 0) is 38.6 Å². The zero-order valence-electron chi connectivity index (χ0n) is 14.2. The van der Waals surface area contributed by atoms with Gasteiger partial charge in [0, 0.05) is 26.2 Å². The molecule has 0 N–H and O–H groups in total. The van der Waals surface area contributed by atoms with Crippen LogP contribution in [-0.4, -0.2) is 69.6 Å². The molecular formula is C16H25N3O3S. The summed E-state index contributed by atoms with van der Waals surface area (Å²) < 4.78 is 25.8. The lowest BCUT2D eigenvalue weighted by molar-refractivity contribution is -0.133. The van der Waals surface area contributed by atoms with Crippen LogP contribution in [-0.2, 0) is 14.8 Å². The van der Waals surface area contributed by atoms with Gasteiger partial charge in [0.15, 0.2) is 0 Å². The summed E-state index contributed by atoms with van der Waals surface area (Å²) in [7, 11) is -1.54. The molecule has 1 fully saturated rings. The number of aryl methyl sites for hydroxylation is 1. The topological polar surface area (TPSA) is 60.9 Å². The first-order valence-corrected chi connectivity index (χ1v) is 9.58. The van der Waals surface area contributed by atoms with E-state index >= 15 is 0 Å². The van der Waals surface area contributed by atoms with Crippen LogP contribution in [0.3, 0.4) is 0 Å². The molecule has 1 aliphatic heterocycles. The second-order valence-corrected chi connectivity index (χ2v) is 8.06. The Morgan fingerprint density at radius 2 is 1.83 bits per heavy atom. The van der Waals surface area contributed by atoms with Crippen molar-refractivity contribution >= 4 is 21.6 Å². The molecule has 0 radical (unpaired) electrons. The number of likely N-dealkylation sites (N-methyl/N-ethyl adjacent to an activating group) is 1. The van der Waals surface area contributed by atoms with Gasteiger partial charge in [-0.3, -0.25) is 9.10 Å². The molecule has 1 atom stereocenters. The largest absolute Gasteiger partial charge is 0.338 e. The van der Waals surface area contributed by atoms with Crippen molar-refractivity contribution < 1.29 is 13.2 Å². The average molecular weight is 339 g/mol. The van der Waals surface area contributed by atoms with Gasteiger partial charge >= 0.3 is 0 Å². The minimum atomic E-state index is -3.55. The fraction of sp³-hybridized carbons (Fsp3) is 0.562. The molecule has 1 amide bonds. The molecule has 0 saturated carbocycles. The third-order valence-electron chi connectivity index (χ3n) is 4.14. The minimum absolute atomic E-state index is 0.148. The van der Waals surface area contributed by atoms with Gasteiger partial charge in [0.25, 0.3) is 0 Å². The van der Waals surface area contributed by atoms with E-state index in [1.165, 1.54) is 4.31 Å². The van der Waals surface area contributed by atoms with Crippen LogP contribution in [0.5, 0.6) is 0 Å². The first kappa shape index (κ1) is 17.7. The number of rotatable bonds is 4. The molecule has 6 nitrogen and oxygen atoms in total. The molecule has 0 unspecified atom stereocenters. The van der Waals surface area contributed by atoms with E-state index in [1.54, 1.807) is 30.0 Å². The maximum Gasteiger partial charge on any atom is 0.246 e. The van der Waals surface area contributed by atoms with Crippen molar-refractivity contribution in [3.8, 4) is 0 Å². The lowest BCUT2D eigenvalue weighted by atomic mass is 10.2. The van der Waals surface area contributed by atoms with Gasteiger partial charge in [0.2, 0.25) is 15.9 Å². The van der Waals surface area contributed by atoms with Crippen LogP contribution in [0.4, 0.5) is 5.69 Å². The second kappa shape index (κ2) is 6.88. The van der Waals surface area contributed by atoms with Crippen molar-refractivity contribution in [3.05, 3.63) is 29.8 Å². The molecule has 1 aromatic carbocycles. The van der Waals surface area contributed by atoms with E-state index in [-0.39, 0.29) is 5.91 Å². The molecule has 1 aliphatic rings. The Balaban J connectivity index is 2.27. The summed E-state index contributed by atoms with van der Waals surface area (Å²) >= 11 is 0. The van der Waals surface area contributed by atoms with Crippen LogP contribution in [0.1, 0.15) is 12.5 Å². The van der Waals surface area contributed by atoms with Crippen LogP contribution in [0.2, 0.25) is 0 Å². The summed E-state index contributed by atoms with van der Waals surface area (Å²) in [5.74, 6) is -0.148. The number of hydrogen-bond acceptors (Lipinski definition) is 4. The monoisotopic (exact) mass is 339 g/mol. The van der Waals surface area contributed by atoms with Gasteiger partial charge in [-0.25, -0.2) is 8.42 Å². The van der Waals surface area contributed by atoms with Gasteiger partial charge < -0.3 is 9.80 Å². The standard InChI is InChI=1S/C16H25N3O3S/c1-13-6-5-7-15(12-13)19(23(4,21)22)14(2)16(20)18-10-8-17(3)9-11-18/h5-7,12,14H,8-11H2,1-4H3/t14-/m1/s1. The number of sulfonamides is 1. The van der Waals surface area contributed by atoms with Crippen molar-refractivity contribution in [3.63, 3.8) is 0 Å². The summed E-state index contributed by atoms with van der Waals surface area (Å²) in [4.78, 5) is 16.7. The molecule has 23 heavy (non-hydrogen) atoms. The fourth-order valence-electron chi connectivity index (χ4n) is 2.86. The average Bonchev–Trinajstić information content (AvgIpc) is 2.46. The quantitative estimate of drug-likeness (QED) is 0.819. The highest BCUT2D eigenvalue weighted by atomic mass is 32.2. The summed E-state index contributed by atoms with van der Waals surface area (Å²) in [6.45, 7) is 6.43. The molecule has 1 saturated heterocycles. The first-order chi connectivity index (χ1) is 10.7. The van der Waals surface area contributed by atoms with E-state index in [1.807, 2.05) is 20.0 Å². The molecule has 0 bridgehead atoms. The Labute approximate surface area is 138 Å². The maximum absolute atomic E-state index is 12.8. The van der Waals surface area contributed by atoms with Gasteiger partial charge in [-0.15, -0.1) is 0 Å². The van der Waals surface area contributed by atoms with Crippen molar-refractivity contribution in [1.29, 1.82) is 0 Å². The van der Waals surface area contributed by atoms with Gasteiger partial charge in [0.1, 0.15) is 6.04 Å². The molecule has 0 spiro atoms. The summed E-state index contributed by atoms with van der Waals surface area (Å²) in [6, 6.07) is 6.46. The van der Waals surface area contributed by atoms with Gasteiger partial charge in [0.05, 0.1) is 11.9 Å². The predicted molar refractivity (Wildman–Crippen MR) is 92.0 cm³/mol. The Morgan fingerprint density at radius 3 is 2.35 bits per heavy atom. The number of anilines is 1. The normalized spacial score (nSPS) is 17.8. The minimum Gasteiger partial charge on any atom is -0.338 e. The highest BCUT2D eigenvalue weighted by Gasteiger charge is 2.32. The molecule has 128 valence electrons. The summed E-state index contributed by atoms with van der Waals surface area (Å²) in [5.41, 5.74) is 1.48. The number of nitrogens with zero attached hydrogens (tertiary/aromatic N) is 3. The Morgan fingerprint density at radius 1 is 1.22 bits per heavy atom. The smallest absolute Gasteiger partial charge is 0.246 e. The highest BCUT2D eigenvalue weighted by molar-refractivity contribution is 7.92. The molecule has 7 heteroatoms. The molecule has 1 aromatic rings. The van der Waals surface area contributed by atoms with E-state index in [9.17, 15) is 13.2 Å². The van der Waals surface area contributed by atoms with Gasteiger partial charge in [-0.1, -0.05) is 12.1 Å². The third-order valence-corrected chi connectivity index (χ3v) is 5.38. The van der Waals surface area contributed by atoms with Crippen LogP contribution < -0.4 is 4.31 Å². The van der Waals surface area contributed by atoms with E-state index < -0.39 is 16.1 Å². The van der Waals surface area contributed by atoms with Crippen LogP contribution in [0.15, 0.2) is 24.3 Å². The van der Waals surface area contributed by atoms with E-state index in [0.29, 0.717) is 18.8 Å². The number of carbonyl (C=O) groups excluding carboxylic acids is 1. The van der Waals surface area contributed by atoms with Crippen LogP contribution >= 0.6 is 0 Å². The number of amides is 1. The van der Waals surface area contributed by atoms with Crippen molar-refractivity contribution in [2.75, 3.05) is 43.8 Å². The molecule has 0 aliphatic carbocycles. The fourth-order valence-corrected chi connectivity index (χ4v) is 4.02.